The molecule has 0 saturated heterocycles. The molecule has 0 aliphatic rings. The molecule has 4 aromatic heterocycles. The van der Waals surface area contributed by atoms with E-state index in [0.29, 0.717) is 11.6 Å². The average Bonchev–Trinajstić information content (AvgIpc) is 3.72. The number of rotatable bonds is 7. The first-order chi connectivity index (χ1) is 31.2. The number of fused-ring (bicyclic) bond motifs is 8. The lowest BCUT2D eigenvalue weighted by Gasteiger charge is -2.14. The number of aromatic nitrogens is 5. The largest absolute Gasteiger partial charge is 0.308 e. The maximum Gasteiger partial charge on any atom is 0.163 e. The minimum absolute atomic E-state index is 0.672. The van der Waals surface area contributed by atoms with E-state index in [2.05, 4.69) is 205 Å². The fourth-order valence-corrected chi connectivity index (χ4v) is 9.00. The molecule has 63 heavy (non-hydrogen) atoms. The maximum absolute atomic E-state index is 5.42. The van der Waals surface area contributed by atoms with E-state index in [9.17, 15) is 0 Å². The summed E-state index contributed by atoms with van der Waals surface area (Å²) in [5.74, 6) is 1.35. The minimum atomic E-state index is 0.672. The van der Waals surface area contributed by atoms with Crippen molar-refractivity contribution in [3.8, 4) is 78.9 Å². The van der Waals surface area contributed by atoms with Crippen LogP contribution in [0.5, 0.6) is 0 Å². The molecule has 0 N–H and O–H groups in total. The molecule has 0 amide bonds. The van der Waals surface area contributed by atoms with Gasteiger partial charge in [-0.1, -0.05) is 188 Å². The Hall–Kier alpha value is -8.54. The molecule has 0 radical (unpaired) electrons. The molecule has 5 nitrogen and oxygen atoms in total. The van der Waals surface area contributed by atoms with Crippen molar-refractivity contribution in [3.63, 3.8) is 0 Å². The molecule has 8 aromatic carbocycles. The van der Waals surface area contributed by atoms with Crippen LogP contribution in [0.2, 0.25) is 0 Å². The second-order valence-electron chi connectivity index (χ2n) is 15.8. The van der Waals surface area contributed by atoms with E-state index in [1.54, 1.807) is 0 Å². The second-order valence-corrected chi connectivity index (χ2v) is 15.8. The van der Waals surface area contributed by atoms with Gasteiger partial charge < -0.3 is 4.40 Å². The Morgan fingerprint density at radius 3 is 1.19 bits per heavy atom. The lowest BCUT2D eigenvalue weighted by Crippen LogP contribution is -1.98. The SMILES string of the molecule is c1ccc(-c2ccc3c(-c4nc(-c5ccccc5)cc(-c5ccccc5)n4)c4c5ccccc5c5cc(-c6nc(-c7ccccc7)cc(-c7ccccc7)n6)ccc5n4c3c2)cc1. The van der Waals surface area contributed by atoms with Gasteiger partial charge in [-0.3, -0.25) is 0 Å². The van der Waals surface area contributed by atoms with Crippen molar-refractivity contribution >= 4 is 38.1 Å². The monoisotopic (exact) mass is 803 g/mol. The van der Waals surface area contributed by atoms with Crippen molar-refractivity contribution in [2.24, 2.45) is 0 Å². The van der Waals surface area contributed by atoms with Crippen LogP contribution in [0, 0.1) is 0 Å². The van der Waals surface area contributed by atoms with Gasteiger partial charge in [0, 0.05) is 44.0 Å². The van der Waals surface area contributed by atoms with Crippen LogP contribution in [-0.2, 0) is 0 Å². The summed E-state index contributed by atoms with van der Waals surface area (Å²) >= 11 is 0. The van der Waals surface area contributed by atoms with E-state index in [1.807, 2.05) is 24.3 Å². The van der Waals surface area contributed by atoms with Gasteiger partial charge in [0.2, 0.25) is 0 Å². The average molecular weight is 804 g/mol. The van der Waals surface area contributed by atoms with Gasteiger partial charge in [-0.2, -0.15) is 0 Å². The van der Waals surface area contributed by atoms with E-state index in [4.69, 9.17) is 19.9 Å². The summed E-state index contributed by atoms with van der Waals surface area (Å²) in [5, 5.41) is 4.41. The Balaban J connectivity index is 1.17. The molecule has 0 unspecified atom stereocenters. The zero-order valence-corrected chi connectivity index (χ0v) is 34.1. The van der Waals surface area contributed by atoms with Gasteiger partial charge in [0.15, 0.2) is 11.6 Å². The van der Waals surface area contributed by atoms with Gasteiger partial charge in [-0.05, 0) is 52.9 Å². The maximum atomic E-state index is 5.42. The quantitative estimate of drug-likeness (QED) is 0.151. The summed E-state index contributed by atoms with van der Waals surface area (Å²) in [6.07, 6.45) is 0. The molecular formula is C58H37N5. The second kappa shape index (κ2) is 15.2. The molecule has 0 fully saturated rings. The van der Waals surface area contributed by atoms with E-state index in [0.717, 1.165) is 105 Å². The van der Waals surface area contributed by atoms with Gasteiger partial charge in [-0.15, -0.1) is 0 Å². The van der Waals surface area contributed by atoms with Crippen molar-refractivity contribution in [1.82, 2.24) is 24.3 Å². The third-order valence-electron chi connectivity index (χ3n) is 12.0. The van der Waals surface area contributed by atoms with Crippen LogP contribution in [0.3, 0.4) is 0 Å². The van der Waals surface area contributed by atoms with Crippen molar-refractivity contribution in [1.29, 1.82) is 0 Å². The summed E-state index contributed by atoms with van der Waals surface area (Å²) in [4.78, 5) is 21.3. The summed E-state index contributed by atoms with van der Waals surface area (Å²) in [6, 6.07) is 78.5. The Labute approximate surface area is 364 Å². The molecule has 0 aliphatic heterocycles. The highest BCUT2D eigenvalue weighted by atomic mass is 15.0. The van der Waals surface area contributed by atoms with Crippen LogP contribution in [0.15, 0.2) is 224 Å². The Morgan fingerprint density at radius 1 is 0.254 bits per heavy atom. The molecule has 0 bridgehead atoms. The van der Waals surface area contributed by atoms with E-state index < -0.39 is 0 Å². The van der Waals surface area contributed by atoms with Gasteiger partial charge >= 0.3 is 0 Å². The van der Waals surface area contributed by atoms with Crippen LogP contribution in [0.1, 0.15) is 0 Å². The number of benzene rings is 8. The van der Waals surface area contributed by atoms with Gasteiger partial charge in [-0.25, -0.2) is 19.9 Å². The zero-order chi connectivity index (χ0) is 41.7. The van der Waals surface area contributed by atoms with E-state index >= 15 is 0 Å². The first kappa shape index (κ1) is 36.3. The molecule has 0 spiro atoms. The van der Waals surface area contributed by atoms with Crippen molar-refractivity contribution < 1.29 is 0 Å². The number of nitrogens with zero attached hydrogens (tertiary/aromatic N) is 5. The normalized spacial score (nSPS) is 11.5. The molecule has 4 heterocycles. The van der Waals surface area contributed by atoms with Crippen molar-refractivity contribution in [3.05, 3.63) is 224 Å². The summed E-state index contributed by atoms with van der Waals surface area (Å²) in [5.41, 5.74) is 15.1. The summed E-state index contributed by atoms with van der Waals surface area (Å²) in [7, 11) is 0. The third-order valence-corrected chi connectivity index (χ3v) is 12.0. The smallest absolute Gasteiger partial charge is 0.163 e. The molecule has 5 heteroatoms. The molecule has 12 rings (SSSR count). The molecule has 0 atom stereocenters. The lowest BCUT2D eigenvalue weighted by atomic mass is 10.00. The lowest BCUT2D eigenvalue weighted by molar-refractivity contribution is 1.18. The van der Waals surface area contributed by atoms with E-state index in [-0.39, 0.29) is 0 Å². The van der Waals surface area contributed by atoms with Gasteiger partial charge in [0.1, 0.15) is 0 Å². The van der Waals surface area contributed by atoms with Crippen LogP contribution in [-0.4, -0.2) is 24.3 Å². The molecule has 0 aliphatic carbocycles. The number of pyridine rings is 1. The van der Waals surface area contributed by atoms with Crippen molar-refractivity contribution in [2.45, 2.75) is 0 Å². The minimum Gasteiger partial charge on any atom is -0.308 e. The molecule has 12 aromatic rings. The van der Waals surface area contributed by atoms with Gasteiger partial charge in [0.25, 0.3) is 0 Å². The van der Waals surface area contributed by atoms with Gasteiger partial charge in [0.05, 0.1) is 44.9 Å². The molecule has 0 saturated carbocycles. The first-order valence-electron chi connectivity index (χ1n) is 21.2. The highest BCUT2D eigenvalue weighted by Crippen LogP contribution is 2.44. The predicted octanol–water partition coefficient (Wildman–Crippen LogP) is 14.6. The fourth-order valence-electron chi connectivity index (χ4n) is 9.00. The fraction of sp³-hybridized carbons (Fsp3) is 0. The topological polar surface area (TPSA) is 56.0 Å². The van der Waals surface area contributed by atoms with Crippen LogP contribution in [0.4, 0.5) is 0 Å². The van der Waals surface area contributed by atoms with Crippen LogP contribution >= 0.6 is 0 Å². The molecule has 294 valence electrons. The van der Waals surface area contributed by atoms with Crippen LogP contribution < -0.4 is 0 Å². The Kier molecular flexibility index (Phi) is 8.75. The first-order valence-corrected chi connectivity index (χ1v) is 21.2. The Morgan fingerprint density at radius 2 is 0.683 bits per heavy atom. The summed E-state index contributed by atoms with van der Waals surface area (Å²) < 4.78 is 2.43. The third kappa shape index (κ3) is 6.42. The number of hydrogen-bond donors (Lipinski definition) is 0. The van der Waals surface area contributed by atoms with Crippen molar-refractivity contribution in [2.75, 3.05) is 0 Å². The molecular weight excluding hydrogens is 767 g/mol. The zero-order valence-electron chi connectivity index (χ0n) is 34.1. The predicted molar refractivity (Wildman–Crippen MR) is 259 cm³/mol. The highest BCUT2D eigenvalue weighted by molar-refractivity contribution is 6.22. The Bertz CT molecular complexity index is 3530. The van der Waals surface area contributed by atoms with E-state index in [1.165, 1.54) is 0 Å². The number of hydrogen-bond acceptors (Lipinski definition) is 4. The standard InChI is InChI=1S/C58H37N5/c1-6-18-38(19-7-1)43-30-32-47-54(35-43)63-53-33-31-44(57-59-49(39-20-8-2-9-21-39)36-50(60-57)40-22-10-3-11-23-40)34-48(53)45-28-16-17-29-46(45)56(63)55(47)58-61-51(41-24-12-4-13-25-41)37-52(62-58)42-26-14-5-15-27-42/h1-37H. The highest BCUT2D eigenvalue weighted by Gasteiger charge is 2.24. The summed E-state index contributed by atoms with van der Waals surface area (Å²) in [6.45, 7) is 0. The van der Waals surface area contributed by atoms with Crippen LogP contribution in [0.25, 0.3) is 117 Å².